The van der Waals surface area contributed by atoms with Gasteiger partial charge >= 0.3 is 0 Å². The summed E-state index contributed by atoms with van der Waals surface area (Å²) in [6, 6.07) is 42.8. The number of epoxide rings is 1. The summed E-state index contributed by atoms with van der Waals surface area (Å²) in [5.74, 6) is -0.772. The Hall–Kier alpha value is -3.28. The third-order valence-electron chi connectivity index (χ3n) is 6.93. The molecule has 1 aliphatic heterocycles. The number of rotatable bonds is 13. The molecule has 0 amide bonds. The van der Waals surface area contributed by atoms with Gasteiger partial charge in [-0.25, -0.2) is 0 Å². The summed E-state index contributed by atoms with van der Waals surface area (Å²) in [6.07, 6.45) is -0.0629. The molecule has 1 unspecified atom stereocenters. The maximum absolute atomic E-state index is 7.10. The lowest BCUT2D eigenvalue weighted by Crippen LogP contribution is -2.65. The van der Waals surface area contributed by atoms with Crippen molar-refractivity contribution in [2.24, 2.45) is 0 Å². The molecule has 1 atom stereocenters. The van der Waals surface area contributed by atoms with Crippen LogP contribution < -0.4 is 0 Å². The van der Waals surface area contributed by atoms with E-state index in [2.05, 4.69) is 145 Å². The van der Waals surface area contributed by atoms with Crippen LogP contribution in [0.5, 0.6) is 0 Å². The van der Waals surface area contributed by atoms with E-state index < -0.39 is 5.85 Å². The third-order valence-corrected chi connectivity index (χ3v) is 6.93. The summed E-state index contributed by atoms with van der Waals surface area (Å²) in [6.45, 7) is 7.88. The Kier molecular flexibility index (Phi) is 8.67. The van der Waals surface area contributed by atoms with Gasteiger partial charge in [0, 0.05) is 26.2 Å². The fraction of sp³-hybridized carbons (Fsp3) is 0.294. The first-order chi connectivity index (χ1) is 18.6. The molecule has 0 bridgehead atoms. The van der Waals surface area contributed by atoms with Crippen LogP contribution >= 0.6 is 0 Å². The summed E-state index contributed by atoms with van der Waals surface area (Å²) < 4.78 is 13.3. The number of benzene rings is 4. The molecule has 38 heavy (non-hydrogen) atoms. The number of hydrogen-bond donors (Lipinski definition) is 0. The van der Waals surface area contributed by atoms with Gasteiger partial charge < -0.3 is 9.47 Å². The van der Waals surface area contributed by atoms with Gasteiger partial charge in [-0.1, -0.05) is 121 Å². The summed E-state index contributed by atoms with van der Waals surface area (Å²) in [5.41, 5.74) is 5.00. The van der Waals surface area contributed by atoms with Gasteiger partial charge in [0.05, 0.1) is 12.7 Å². The Labute approximate surface area is 227 Å². The van der Waals surface area contributed by atoms with Crippen molar-refractivity contribution in [1.82, 2.24) is 9.80 Å². The van der Waals surface area contributed by atoms with E-state index in [1.165, 1.54) is 22.3 Å². The second kappa shape index (κ2) is 12.5. The van der Waals surface area contributed by atoms with Gasteiger partial charge in [0.25, 0.3) is 0 Å². The van der Waals surface area contributed by atoms with Gasteiger partial charge in [-0.05, 0) is 36.1 Å². The zero-order valence-electron chi connectivity index (χ0n) is 22.4. The Morgan fingerprint density at radius 3 is 1.13 bits per heavy atom. The molecule has 196 valence electrons. The van der Waals surface area contributed by atoms with E-state index in [4.69, 9.17) is 9.47 Å². The lowest BCUT2D eigenvalue weighted by molar-refractivity contribution is -0.287. The van der Waals surface area contributed by atoms with E-state index >= 15 is 0 Å². The molecule has 1 fully saturated rings. The normalized spacial score (nSPS) is 15.3. The van der Waals surface area contributed by atoms with Gasteiger partial charge in [0.2, 0.25) is 5.85 Å². The van der Waals surface area contributed by atoms with Gasteiger partial charge in [0.15, 0.2) is 0 Å². The van der Waals surface area contributed by atoms with Crippen LogP contribution in [0, 0.1) is 0 Å². The summed E-state index contributed by atoms with van der Waals surface area (Å²) in [4.78, 5) is 4.97. The van der Waals surface area contributed by atoms with Crippen molar-refractivity contribution < 1.29 is 9.47 Å². The van der Waals surface area contributed by atoms with E-state index in [9.17, 15) is 0 Å². The standard InChI is InChI=1S/C34H38N2O2/c1-28(2)38-34(33-27-37-33,35(23-29-15-7-3-8-16-29)24-30-17-9-4-10-18-30)36(25-31-19-11-5-12-20-31)26-32-21-13-6-14-22-32/h3-22,28,33H,23-27H2,1-2H3. The molecule has 0 saturated carbocycles. The second-order valence-electron chi connectivity index (χ2n) is 10.3. The van der Waals surface area contributed by atoms with Crippen molar-refractivity contribution in [2.45, 2.75) is 58.1 Å². The number of ether oxygens (including phenoxy) is 2. The van der Waals surface area contributed by atoms with Crippen LogP contribution in [0.15, 0.2) is 121 Å². The Balaban J connectivity index is 1.63. The highest BCUT2D eigenvalue weighted by Crippen LogP contribution is 2.40. The van der Waals surface area contributed by atoms with Crippen molar-refractivity contribution in [2.75, 3.05) is 6.61 Å². The monoisotopic (exact) mass is 506 g/mol. The molecule has 0 spiro atoms. The average molecular weight is 507 g/mol. The highest BCUT2D eigenvalue weighted by Gasteiger charge is 2.57. The largest absolute Gasteiger partial charge is 0.367 e. The molecule has 0 aromatic heterocycles. The van der Waals surface area contributed by atoms with Crippen LogP contribution in [-0.4, -0.2) is 34.5 Å². The Bertz CT molecular complexity index is 1060. The molecule has 4 nitrogen and oxygen atoms in total. The molecular formula is C34H38N2O2. The van der Waals surface area contributed by atoms with Crippen molar-refractivity contribution in [1.29, 1.82) is 0 Å². The number of hydrogen-bond acceptors (Lipinski definition) is 4. The molecular weight excluding hydrogens is 468 g/mol. The maximum Gasteiger partial charge on any atom is 0.210 e. The Morgan fingerprint density at radius 1 is 0.605 bits per heavy atom. The molecule has 5 rings (SSSR count). The minimum absolute atomic E-state index is 0.00212. The van der Waals surface area contributed by atoms with E-state index in [0.29, 0.717) is 6.61 Å². The molecule has 0 radical (unpaired) electrons. The van der Waals surface area contributed by atoms with Gasteiger partial charge in [-0.15, -0.1) is 0 Å². The van der Waals surface area contributed by atoms with Crippen LogP contribution in [0.25, 0.3) is 0 Å². The van der Waals surface area contributed by atoms with Crippen molar-refractivity contribution in [3.63, 3.8) is 0 Å². The fourth-order valence-corrected chi connectivity index (χ4v) is 5.22. The van der Waals surface area contributed by atoms with Crippen LogP contribution in [0.1, 0.15) is 36.1 Å². The molecule has 0 aliphatic carbocycles. The highest BCUT2D eigenvalue weighted by atomic mass is 16.6. The second-order valence-corrected chi connectivity index (χ2v) is 10.3. The van der Waals surface area contributed by atoms with Crippen LogP contribution in [0.2, 0.25) is 0 Å². The van der Waals surface area contributed by atoms with Crippen molar-refractivity contribution >= 4 is 0 Å². The molecule has 1 heterocycles. The van der Waals surface area contributed by atoms with Crippen LogP contribution in [0.4, 0.5) is 0 Å². The predicted octanol–water partition coefficient (Wildman–Crippen LogP) is 6.87. The quantitative estimate of drug-likeness (QED) is 0.146. The highest BCUT2D eigenvalue weighted by molar-refractivity contribution is 5.21. The fourth-order valence-electron chi connectivity index (χ4n) is 5.22. The average Bonchev–Trinajstić information content (AvgIpc) is 3.79. The number of nitrogens with zero attached hydrogens (tertiary/aromatic N) is 2. The topological polar surface area (TPSA) is 28.2 Å². The smallest absolute Gasteiger partial charge is 0.210 e. The SMILES string of the molecule is CC(C)OC(C1CO1)(N(Cc1ccccc1)Cc1ccccc1)N(Cc1ccccc1)Cc1ccccc1. The molecule has 0 N–H and O–H groups in total. The summed E-state index contributed by atoms with van der Waals surface area (Å²) >= 11 is 0. The molecule has 4 heteroatoms. The van der Waals surface area contributed by atoms with E-state index in [1.54, 1.807) is 0 Å². The molecule has 1 aliphatic rings. The van der Waals surface area contributed by atoms with Crippen LogP contribution in [-0.2, 0) is 35.7 Å². The van der Waals surface area contributed by atoms with Crippen molar-refractivity contribution in [3.8, 4) is 0 Å². The lowest BCUT2D eigenvalue weighted by atomic mass is 10.1. The van der Waals surface area contributed by atoms with Gasteiger partial charge in [0.1, 0.15) is 6.10 Å². The van der Waals surface area contributed by atoms with Gasteiger partial charge in [-0.2, -0.15) is 0 Å². The summed E-state index contributed by atoms with van der Waals surface area (Å²) in [5, 5.41) is 0. The zero-order valence-corrected chi connectivity index (χ0v) is 22.4. The van der Waals surface area contributed by atoms with Crippen molar-refractivity contribution in [3.05, 3.63) is 144 Å². The van der Waals surface area contributed by atoms with Gasteiger partial charge in [-0.3, -0.25) is 9.80 Å². The zero-order chi connectivity index (χ0) is 26.2. The maximum atomic E-state index is 7.10. The van der Waals surface area contributed by atoms with E-state index in [0.717, 1.165) is 26.2 Å². The minimum Gasteiger partial charge on any atom is -0.367 e. The minimum atomic E-state index is -0.772. The molecule has 1 saturated heterocycles. The van der Waals surface area contributed by atoms with Crippen LogP contribution in [0.3, 0.4) is 0 Å². The molecule has 4 aromatic carbocycles. The first-order valence-corrected chi connectivity index (χ1v) is 13.6. The van der Waals surface area contributed by atoms with E-state index in [-0.39, 0.29) is 12.2 Å². The summed E-state index contributed by atoms with van der Waals surface area (Å²) in [7, 11) is 0. The lowest BCUT2D eigenvalue weighted by Gasteiger charge is -2.51. The first kappa shape index (κ1) is 26.3. The first-order valence-electron chi connectivity index (χ1n) is 13.6. The predicted molar refractivity (Wildman–Crippen MR) is 153 cm³/mol. The Morgan fingerprint density at radius 2 is 0.895 bits per heavy atom. The van der Waals surface area contributed by atoms with E-state index in [1.807, 2.05) is 0 Å². The molecule has 4 aromatic rings. The third kappa shape index (κ3) is 6.58.